The van der Waals surface area contributed by atoms with Crippen molar-refractivity contribution in [3.63, 3.8) is 0 Å². The number of para-hydroxylation sites is 1. The van der Waals surface area contributed by atoms with E-state index >= 15 is 0 Å². The summed E-state index contributed by atoms with van der Waals surface area (Å²) < 4.78 is 10.9. The van der Waals surface area contributed by atoms with E-state index < -0.39 is 11.8 Å². The lowest BCUT2D eigenvalue weighted by molar-refractivity contribution is -0.123. The maximum atomic E-state index is 12.1. The first-order valence-electron chi connectivity index (χ1n) is 9.19. The molecule has 0 bridgehead atoms. The van der Waals surface area contributed by atoms with Crippen LogP contribution in [-0.2, 0) is 4.79 Å². The smallest absolute Gasteiger partial charge is 0.276 e. The minimum absolute atomic E-state index is 0.185. The fraction of sp³-hybridized carbons (Fsp3) is 0.333. The van der Waals surface area contributed by atoms with Gasteiger partial charge in [0.2, 0.25) is 0 Å². The molecule has 2 amide bonds. The molecule has 144 valence electrons. The van der Waals surface area contributed by atoms with Gasteiger partial charge in [-0.3, -0.25) is 20.4 Å². The number of hydrogen-bond donors (Lipinski definition) is 2. The Bertz CT molecular complexity index is 702. The van der Waals surface area contributed by atoms with Crippen molar-refractivity contribution in [2.24, 2.45) is 0 Å². The highest BCUT2D eigenvalue weighted by Gasteiger charge is 2.08. The average Bonchev–Trinajstić information content (AvgIpc) is 2.71. The molecule has 0 saturated heterocycles. The molecule has 6 heteroatoms. The van der Waals surface area contributed by atoms with Gasteiger partial charge in [-0.2, -0.15) is 0 Å². The van der Waals surface area contributed by atoms with E-state index in [-0.39, 0.29) is 6.61 Å². The van der Waals surface area contributed by atoms with Crippen LogP contribution < -0.4 is 20.3 Å². The van der Waals surface area contributed by atoms with Gasteiger partial charge in [0.1, 0.15) is 11.5 Å². The zero-order valence-electron chi connectivity index (χ0n) is 15.6. The van der Waals surface area contributed by atoms with Crippen molar-refractivity contribution in [3.8, 4) is 11.5 Å². The molecule has 0 spiro atoms. The van der Waals surface area contributed by atoms with Crippen molar-refractivity contribution < 1.29 is 19.1 Å². The Morgan fingerprint density at radius 2 is 1.52 bits per heavy atom. The Hall–Kier alpha value is -3.02. The van der Waals surface area contributed by atoms with E-state index in [2.05, 4.69) is 17.8 Å². The Morgan fingerprint density at radius 1 is 0.815 bits per heavy atom. The number of hydrogen-bond acceptors (Lipinski definition) is 4. The van der Waals surface area contributed by atoms with Gasteiger partial charge in [0.15, 0.2) is 6.61 Å². The van der Waals surface area contributed by atoms with Crippen molar-refractivity contribution in [1.29, 1.82) is 0 Å². The predicted octanol–water partition coefficient (Wildman–Crippen LogP) is 3.49. The molecule has 0 radical (unpaired) electrons. The molecule has 0 aliphatic heterocycles. The monoisotopic (exact) mass is 370 g/mol. The van der Waals surface area contributed by atoms with Gasteiger partial charge in [0, 0.05) is 5.56 Å². The van der Waals surface area contributed by atoms with Crippen LogP contribution in [0.4, 0.5) is 0 Å². The van der Waals surface area contributed by atoms with E-state index in [1.54, 1.807) is 36.4 Å². The number of rotatable bonds is 10. The van der Waals surface area contributed by atoms with Crippen molar-refractivity contribution >= 4 is 11.8 Å². The third-order valence-corrected chi connectivity index (χ3v) is 3.81. The molecule has 0 heterocycles. The third kappa shape index (κ3) is 7.81. The minimum Gasteiger partial charge on any atom is -0.494 e. The lowest BCUT2D eigenvalue weighted by Gasteiger charge is -2.10. The van der Waals surface area contributed by atoms with Gasteiger partial charge < -0.3 is 9.47 Å². The number of carbonyl (C=O) groups is 2. The second kappa shape index (κ2) is 11.6. The summed E-state index contributed by atoms with van der Waals surface area (Å²) in [6.07, 6.45) is 4.58. The molecule has 2 N–H and O–H groups in total. The van der Waals surface area contributed by atoms with Crippen molar-refractivity contribution in [2.75, 3.05) is 13.2 Å². The second-order valence-electron chi connectivity index (χ2n) is 6.04. The summed E-state index contributed by atoms with van der Waals surface area (Å²) in [5.41, 5.74) is 5.11. The van der Waals surface area contributed by atoms with Crippen LogP contribution >= 0.6 is 0 Å². The highest BCUT2D eigenvalue weighted by atomic mass is 16.5. The lowest BCUT2D eigenvalue weighted by Crippen LogP contribution is -2.43. The fourth-order valence-corrected chi connectivity index (χ4v) is 2.32. The number of nitrogens with one attached hydrogen (secondary N) is 2. The molecule has 2 rings (SSSR count). The summed E-state index contributed by atoms with van der Waals surface area (Å²) in [5, 5.41) is 0. The van der Waals surface area contributed by atoms with Crippen LogP contribution in [0.15, 0.2) is 54.6 Å². The zero-order chi connectivity index (χ0) is 19.3. The van der Waals surface area contributed by atoms with E-state index in [4.69, 9.17) is 9.47 Å². The van der Waals surface area contributed by atoms with Crippen LogP contribution in [-0.4, -0.2) is 25.0 Å². The highest BCUT2D eigenvalue weighted by Crippen LogP contribution is 2.13. The van der Waals surface area contributed by atoms with Gasteiger partial charge in [-0.15, -0.1) is 0 Å². The first-order chi connectivity index (χ1) is 13.2. The minimum atomic E-state index is -0.445. The van der Waals surface area contributed by atoms with Crippen molar-refractivity contribution in [3.05, 3.63) is 60.2 Å². The fourth-order valence-electron chi connectivity index (χ4n) is 2.32. The Balaban J connectivity index is 1.68. The number of carbonyl (C=O) groups excluding carboxylic acids is 2. The molecule has 6 nitrogen and oxygen atoms in total. The molecule has 0 aromatic heterocycles. The quantitative estimate of drug-likeness (QED) is 0.496. The molecule has 0 atom stereocenters. The summed E-state index contributed by atoms with van der Waals surface area (Å²) in [5.74, 6) is 0.462. The maximum Gasteiger partial charge on any atom is 0.276 e. The number of benzene rings is 2. The summed E-state index contributed by atoms with van der Waals surface area (Å²) >= 11 is 0. The molecule has 0 unspecified atom stereocenters. The molecular weight excluding hydrogens is 344 g/mol. The van der Waals surface area contributed by atoms with Crippen molar-refractivity contribution in [2.45, 2.75) is 32.6 Å². The first kappa shape index (κ1) is 20.3. The van der Waals surface area contributed by atoms with Crippen LogP contribution in [0.3, 0.4) is 0 Å². The predicted molar refractivity (Wildman–Crippen MR) is 104 cm³/mol. The first-order valence-corrected chi connectivity index (χ1v) is 9.19. The largest absolute Gasteiger partial charge is 0.494 e. The van der Waals surface area contributed by atoms with E-state index in [1.807, 2.05) is 18.2 Å². The summed E-state index contributed by atoms with van der Waals surface area (Å²) in [7, 11) is 0. The van der Waals surface area contributed by atoms with Crippen LogP contribution in [0, 0.1) is 0 Å². The molecule has 2 aromatic rings. The Labute approximate surface area is 159 Å². The van der Waals surface area contributed by atoms with E-state index in [0.29, 0.717) is 17.9 Å². The molecule has 0 fully saturated rings. The van der Waals surface area contributed by atoms with E-state index in [0.717, 1.165) is 18.6 Å². The van der Waals surface area contributed by atoms with Crippen molar-refractivity contribution in [1.82, 2.24) is 10.9 Å². The molecule has 0 aliphatic rings. The van der Waals surface area contributed by atoms with Gasteiger partial charge in [-0.25, -0.2) is 0 Å². The number of hydrazine groups is 1. The molecule has 0 aliphatic carbocycles. The average molecular weight is 370 g/mol. The lowest BCUT2D eigenvalue weighted by atomic mass is 10.2. The number of amides is 2. The highest BCUT2D eigenvalue weighted by molar-refractivity contribution is 5.95. The number of ether oxygens (including phenoxy) is 2. The Morgan fingerprint density at radius 3 is 2.22 bits per heavy atom. The van der Waals surface area contributed by atoms with Crippen LogP contribution in [0.5, 0.6) is 11.5 Å². The van der Waals surface area contributed by atoms with Gasteiger partial charge in [0.05, 0.1) is 6.61 Å². The topological polar surface area (TPSA) is 76.7 Å². The maximum absolute atomic E-state index is 12.1. The summed E-state index contributed by atoms with van der Waals surface area (Å²) in [4.78, 5) is 23.8. The molecule has 0 saturated carbocycles. The van der Waals surface area contributed by atoms with Crippen LogP contribution in [0.1, 0.15) is 43.0 Å². The standard InChI is InChI=1S/C21H26N2O4/c1-2-3-4-8-15-26-19-13-11-17(12-14-19)21(25)23-22-20(24)16-27-18-9-6-5-7-10-18/h5-7,9-14H,2-4,8,15-16H2,1H3,(H,22,24)(H,23,25). The SMILES string of the molecule is CCCCCCOc1ccc(C(=O)NNC(=O)COc2ccccc2)cc1. The molecule has 2 aromatic carbocycles. The summed E-state index contributed by atoms with van der Waals surface area (Å²) in [6, 6.07) is 15.8. The summed E-state index contributed by atoms with van der Waals surface area (Å²) in [6.45, 7) is 2.65. The number of unbranched alkanes of at least 4 members (excludes halogenated alkanes) is 3. The molecular formula is C21H26N2O4. The van der Waals surface area contributed by atoms with Gasteiger partial charge >= 0.3 is 0 Å². The van der Waals surface area contributed by atoms with E-state index in [1.165, 1.54) is 12.8 Å². The van der Waals surface area contributed by atoms with Gasteiger partial charge in [-0.05, 0) is 42.8 Å². The van der Waals surface area contributed by atoms with Crippen LogP contribution in [0.25, 0.3) is 0 Å². The van der Waals surface area contributed by atoms with Gasteiger partial charge in [-0.1, -0.05) is 44.4 Å². The van der Waals surface area contributed by atoms with Crippen LogP contribution in [0.2, 0.25) is 0 Å². The zero-order valence-corrected chi connectivity index (χ0v) is 15.6. The Kier molecular flexibility index (Phi) is 8.69. The third-order valence-electron chi connectivity index (χ3n) is 3.81. The normalized spacial score (nSPS) is 10.1. The molecule has 27 heavy (non-hydrogen) atoms. The van der Waals surface area contributed by atoms with Gasteiger partial charge in [0.25, 0.3) is 11.8 Å². The second-order valence-corrected chi connectivity index (χ2v) is 6.04. The van der Waals surface area contributed by atoms with E-state index in [9.17, 15) is 9.59 Å².